The number of carbonyl (C=O) groups is 2. The summed E-state index contributed by atoms with van der Waals surface area (Å²) < 4.78 is 0. The highest BCUT2D eigenvalue weighted by atomic mass is 16.2. The smallest absolute Gasteiger partial charge is 0.253 e. The summed E-state index contributed by atoms with van der Waals surface area (Å²) in [6.45, 7) is 4.65. The molecule has 2 aliphatic rings. The van der Waals surface area contributed by atoms with E-state index in [1.165, 1.54) is 5.56 Å². The molecule has 0 spiro atoms. The molecule has 1 unspecified atom stereocenters. The number of rotatable bonds is 4. The van der Waals surface area contributed by atoms with Crippen LogP contribution in [0.5, 0.6) is 0 Å². The molecule has 2 amide bonds. The summed E-state index contributed by atoms with van der Waals surface area (Å²) in [6.07, 6.45) is 8.11. The van der Waals surface area contributed by atoms with Crippen LogP contribution in [0.1, 0.15) is 42.1 Å². The lowest BCUT2D eigenvalue weighted by Crippen LogP contribution is -2.50. The minimum Gasteiger partial charge on any atom is -0.339 e. The highest BCUT2D eigenvalue weighted by Gasteiger charge is 2.26. The quantitative estimate of drug-likeness (QED) is 0.798. The van der Waals surface area contributed by atoms with E-state index in [4.69, 9.17) is 0 Å². The Labute approximate surface area is 144 Å². The maximum absolute atomic E-state index is 12.6. The van der Waals surface area contributed by atoms with Gasteiger partial charge < -0.3 is 9.80 Å². The molecule has 128 valence electrons. The Balaban J connectivity index is 1.51. The van der Waals surface area contributed by atoms with Gasteiger partial charge in [-0.25, -0.2) is 0 Å². The maximum Gasteiger partial charge on any atom is 0.253 e. The Bertz CT molecular complexity index is 613. The van der Waals surface area contributed by atoms with Crippen LogP contribution in [-0.4, -0.2) is 47.8 Å². The van der Waals surface area contributed by atoms with Crippen LogP contribution in [0.2, 0.25) is 0 Å². The van der Waals surface area contributed by atoms with Crippen LogP contribution in [0.3, 0.4) is 0 Å². The summed E-state index contributed by atoms with van der Waals surface area (Å²) in [5.74, 6) is 0.712. The van der Waals surface area contributed by atoms with E-state index in [1.54, 1.807) is 0 Å². The molecule has 1 aliphatic carbocycles. The van der Waals surface area contributed by atoms with E-state index in [2.05, 4.69) is 19.1 Å². The van der Waals surface area contributed by atoms with Gasteiger partial charge in [-0.3, -0.25) is 9.59 Å². The second-order valence-electron chi connectivity index (χ2n) is 6.69. The second-order valence-corrected chi connectivity index (χ2v) is 6.69. The summed E-state index contributed by atoms with van der Waals surface area (Å²) in [5, 5.41) is 0. The van der Waals surface area contributed by atoms with Gasteiger partial charge >= 0.3 is 0 Å². The number of piperazine rings is 1. The number of benzene rings is 1. The first-order valence-electron chi connectivity index (χ1n) is 9.00. The van der Waals surface area contributed by atoms with E-state index in [0.717, 1.165) is 24.8 Å². The van der Waals surface area contributed by atoms with Crippen molar-refractivity contribution in [1.29, 1.82) is 0 Å². The predicted octanol–water partition coefficient (Wildman–Crippen LogP) is 2.89. The molecule has 0 radical (unpaired) electrons. The van der Waals surface area contributed by atoms with Crippen molar-refractivity contribution < 1.29 is 9.59 Å². The Morgan fingerprint density at radius 1 is 1.04 bits per heavy atom. The van der Waals surface area contributed by atoms with Gasteiger partial charge in [0.15, 0.2) is 0 Å². The molecule has 0 bridgehead atoms. The molecule has 0 N–H and O–H groups in total. The third-order valence-electron chi connectivity index (χ3n) is 5.08. The molecule has 1 aromatic rings. The highest BCUT2D eigenvalue weighted by molar-refractivity contribution is 5.94. The van der Waals surface area contributed by atoms with Gasteiger partial charge in [0, 0.05) is 38.2 Å². The third-order valence-corrected chi connectivity index (χ3v) is 5.08. The van der Waals surface area contributed by atoms with Crippen molar-refractivity contribution in [2.45, 2.75) is 32.6 Å². The molecule has 1 heterocycles. The van der Waals surface area contributed by atoms with Crippen LogP contribution in [0.15, 0.2) is 36.4 Å². The molecule has 4 nitrogen and oxygen atoms in total. The highest BCUT2D eigenvalue weighted by Crippen LogP contribution is 2.21. The van der Waals surface area contributed by atoms with Gasteiger partial charge in [0.05, 0.1) is 0 Å². The molecule has 0 aromatic heterocycles. The van der Waals surface area contributed by atoms with Crippen molar-refractivity contribution in [1.82, 2.24) is 9.80 Å². The number of hydrogen-bond donors (Lipinski definition) is 0. The van der Waals surface area contributed by atoms with E-state index in [-0.39, 0.29) is 11.8 Å². The molecule has 1 aliphatic heterocycles. The average molecular weight is 326 g/mol. The molecule has 4 heteroatoms. The molecular formula is C20H26N2O2. The van der Waals surface area contributed by atoms with Crippen molar-refractivity contribution in [3.63, 3.8) is 0 Å². The number of nitrogens with zero attached hydrogens (tertiary/aromatic N) is 2. The molecule has 1 atom stereocenters. The molecule has 0 saturated carbocycles. The molecule has 1 aromatic carbocycles. The normalized spacial score (nSPS) is 20.5. The van der Waals surface area contributed by atoms with E-state index >= 15 is 0 Å². The van der Waals surface area contributed by atoms with Gasteiger partial charge in [-0.2, -0.15) is 0 Å². The number of allylic oxidation sites excluding steroid dienone is 2. The summed E-state index contributed by atoms with van der Waals surface area (Å²) in [6, 6.07) is 7.85. The van der Waals surface area contributed by atoms with Gasteiger partial charge in [0.1, 0.15) is 0 Å². The summed E-state index contributed by atoms with van der Waals surface area (Å²) in [7, 11) is 0. The lowest BCUT2D eigenvalue weighted by atomic mass is 10.0. The lowest BCUT2D eigenvalue weighted by molar-refractivity contribution is -0.133. The number of aryl methyl sites for hydroxylation is 1. The number of hydrogen-bond acceptors (Lipinski definition) is 2. The predicted molar refractivity (Wildman–Crippen MR) is 94.8 cm³/mol. The Hall–Kier alpha value is -2.10. The first kappa shape index (κ1) is 16.7. The van der Waals surface area contributed by atoms with E-state index in [0.29, 0.717) is 38.5 Å². The van der Waals surface area contributed by atoms with Crippen LogP contribution in [0, 0.1) is 5.92 Å². The largest absolute Gasteiger partial charge is 0.339 e. The van der Waals surface area contributed by atoms with E-state index in [1.807, 2.05) is 34.1 Å². The van der Waals surface area contributed by atoms with Crippen molar-refractivity contribution in [3.05, 3.63) is 47.5 Å². The zero-order chi connectivity index (χ0) is 16.9. The molecule has 1 saturated heterocycles. The molecule has 3 rings (SSSR count). The van der Waals surface area contributed by atoms with Crippen LogP contribution in [-0.2, 0) is 11.2 Å². The standard InChI is InChI=1S/C20H26N2O2/c1-2-16-7-9-18(10-8-16)20(24)22-13-11-21(12-14-22)19(23)15-17-5-3-4-6-17/h3,5,7-10,17H,2,4,6,11-15H2,1H3. The van der Waals surface area contributed by atoms with Crippen LogP contribution in [0.4, 0.5) is 0 Å². The molecule has 1 fully saturated rings. The first-order chi connectivity index (χ1) is 11.7. The zero-order valence-electron chi connectivity index (χ0n) is 14.4. The van der Waals surface area contributed by atoms with Gasteiger partial charge in [0.2, 0.25) is 5.91 Å². The lowest BCUT2D eigenvalue weighted by Gasteiger charge is -2.35. The van der Waals surface area contributed by atoms with Crippen molar-refractivity contribution in [3.8, 4) is 0 Å². The SMILES string of the molecule is CCc1ccc(C(=O)N2CCN(C(=O)CC3C=CCC3)CC2)cc1. The zero-order valence-corrected chi connectivity index (χ0v) is 14.4. The molecule has 24 heavy (non-hydrogen) atoms. The van der Waals surface area contributed by atoms with Crippen molar-refractivity contribution in [2.75, 3.05) is 26.2 Å². The fourth-order valence-electron chi connectivity index (χ4n) is 3.44. The summed E-state index contributed by atoms with van der Waals surface area (Å²) in [5.41, 5.74) is 1.98. The monoisotopic (exact) mass is 326 g/mol. The third kappa shape index (κ3) is 3.86. The van der Waals surface area contributed by atoms with Crippen molar-refractivity contribution >= 4 is 11.8 Å². The van der Waals surface area contributed by atoms with Crippen LogP contribution < -0.4 is 0 Å². The van der Waals surface area contributed by atoms with E-state index in [9.17, 15) is 9.59 Å². The minimum atomic E-state index is 0.0727. The van der Waals surface area contributed by atoms with Crippen molar-refractivity contribution in [2.24, 2.45) is 5.92 Å². The summed E-state index contributed by atoms with van der Waals surface area (Å²) in [4.78, 5) is 28.7. The fraction of sp³-hybridized carbons (Fsp3) is 0.500. The topological polar surface area (TPSA) is 40.6 Å². The Morgan fingerprint density at radius 3 is 2.29 bits per heavy atom. The molecular weight excluding hydrogens is 300 g/mol. The fourth-order valence-corrected chi connectivity index (χ4v) is 3.44. The summed E-state index contributed by atoms with van der Waals surface area (Å²) >= 11 is 0. The number of carbonyl (C=O) groups excluding carboxylic acids is 2. The first-order valence-corrected chi connectivity index (χ1v) is 9.00. The number of amides is 2. The van der Waals surface area contributed by atoms with Crippen LogP contribution >= 0.6 is 0 Å². The van der Waals surface area contributed by atoms with Gasteiger partial charge in [-0.1, -0.05) is 31.2 Å². The van der Waals surface area contributed by atoms with Gasteiger partial charge in [-0.15, -0.1) is 0 Å². The van der Waals surface area contributed by atoms with Gasteiger partial charge in [-0.05, 0) is 42.9 Å². The Morgan fingerprint density at radius 2 is 1.71 bits per heavy atom. The second kappa shape index (κ2) is 7.65. The van der Waals surface area contributed by atoms with Gasteiger partial charge in [0.25, 0.3) is 5.91 Å². The average Bonchev–Trinajstić information content (AvgIpc) is 3.14. The maximum atomic E-state index is 12.6. The minimum absolute atomic E-state index is 0.0727. The van der Waals surface area contributed by atoms with Crippen LogP contribution in [0.25, 0.3) is 0 Å². The van der Waals surface area contributed by atoms with E-state index < -0.39 is 0 Å². The Kier molecular flexibility index (Phi) is 5.34.